The van der Waals surface area contributed by atoms with E-state index in [0.717, 1.165) is 25.0 Å². The summed E-state index contributed by atoms with van der Waals surface area (Å²) in [7, 11) is -4.72. The van der Waals surface area contributed by atoms with Gasteiger partial charge in [0.2, 0.25) is 0 Å². The molecule has 0 spiro atoms. The summed E-state index contributed by atoms with van der Waals surface area (Å²) >= 11 is 0. The SMILES string of the molecule is CC(C)CCCOC(=O)c1ccc(C(=O)OCCCC(C)C)c(S(=O)(=O)O)c1.[H-].[Na+]. The van der Waals surface area contributed by atoms with Crippen molar-refractivity contribution < 1.29 is 63.0 Å². The van der Waals surface area contributed by atoms with E-state index in [1.165, 1.54) is 6.07 Å². The van der Waals surface area contributed by atoms with E-state index in [2.05, 4.69) is 13.8 Å². The van der Waals surface area contributed by atoms with Gasteiger partial charge in [0, 0.05) is 0 Å². The Labute approximate surface area is 197 Å². The van der Waals surface area contributed by atoms with Crippen molar-refractivity contribution in [1.29, 1.82) is 0 Å². The number of benzene rings is 1. The van der Waals surface area contributed by atoms with Crippen molar-refractivity contribution >= 4 is 22.1 Å². The Hall–Kier alpha value is -0.930. The maximum atomic E-state index is 12.2. The standard InChI is InChI=1S/C20H30O7S.Na.H/c1-14(2)7-5-11-26-19(21)16-9-10-17(18(13-16)28(23,24)25)20(22)27-12-6-8-15(3)4;;/h9-10,13-15H,5-8,11-12H2,1-4H3,(H,23,24,25);;/q;+1;-1. The van der Waals surface area contributed by atoms with Crippen LogP contribution in [0.15, 0.2) is 23.1 Å². The van der Waals surface area contributed by atoms with Crippen molar-refractivity contribution in [3.05, 3.63) is 29.3 Å². The third-order valence-corrected chi connectivity index (χ3v) is 4.93. The molecule has 0 bridgehead atoms. The van der Waals surface area contributed by atoms with Crippen molar-refractivity contribution in [2.75, 3.05) is 13.2 Å². The summed E-state index contributed by atoms with van der Waals surface area (Å²) in [4.78, 5) is 23.6. The van der Waals surface area contributed by atoms with Gasteiger partial charge in [-0.05, 0) is 55.7 Å². The minimum Gasteiger partial charge on any atom is -1.00 e. The van der Waals surface area contributed by atoms with Gasteiger partial charge in [0.1, 0.15) is 4.90 Å². The third-order valence-electron chi connectivity index (χ3n) is 4.03. The molecule has 0 aliphatic heterocycles. The summed E-state index contributed by atoms with van der Waals surface area (Å²) in [6.45, 7) is 8.54. The number of ether oxygens (including phenoxy) is 2. The molecular formula is C20H31NaO7S. The molecule has 0 aromatic heterocycles. The molecule has 0 aliphatic rings. The summed E-state index contributed by atoms with van der Waals surface area (Å²) in [6.07, 6.45) is 3.09. The Bertz CT molecular complexity index is 779. The molecule has 1 aromatic rings. The molecule has 0 saturated carbocycles. The minimum absolute atomic E-state index is 0. The minimum atomic E-state index is -4.72. The fourth-order valence-corrected chi connectivity index (χ4v) is 3.21. The van der Waals surface area contributed by atoms with Gasteiger partial charge < -0.3 is 10.9 Å². The average molecular weight is 439 g/mol. The van der Waals surface area contributed by atoms with Crippen LogP contribution in [0, 0.1) is 11.8 Å². The second kappa shape index (κ2) is 13.4. The van der Waals surface area contributed by atoms with E-state index in [1.54, 1.807) is 0 Å². The van der Waals surface area contributed by atoms with E-state index in [4.69, 9.17) is 9.47 Å². The van der Waals surface area contributed by atoms with Crippen LogP contribution in [-0.2, 0) is 19.6 Å². The van der Waals surface area contributed by atoms with Gasteiger partial charge >= 0.3 is 41.5 Å². The second-order valence-corrected chi connectivity index (χ2v) is 8.92. The number of hydrogen-bond acceptors (Lipinski definition) is 6. The van der Waals surface area contributed by atoms with Crippen LogP contribution in [0.3, 0.4) is 0 Å². The molecular weight excluding hydrogens is 407 g/mol. The molecule has 0 aliphatic carbocycles. The molecule has 7 nitrogen and oxygen atoms in total. The first-order chi connectivity index (χ1) is 13.0. The third kappa shape index (κ3) is 10.6. The molecule has 9 heteroatoms. The summed E-state index contributed by atoms with van der Waals surface area (Å²) in [5.74, 6) is -0.646. The van der Waals surface area contributed by atoms with E-state index in [0.29, 0.717) is 24.7 Å². The van der Waals surface area contributed by atoms with Gasteiger partial charge in [0.15, 0.2) is 0 Å². The molecule has 1 rings (SSSR count). The molecule has 0 saturated heterocycles. The molecule has 29 heavy (non-hydrogen) atoms. The van der Waals surface area contributed by atoms with Gasteiger partial charge in [-0.2, -0.15) is 8.42 Å². The van der Waals surface area contributed by atoms with E-state index < -0.39 is 27.0 Å². The van der Waals surface area contributed by atoms with Crippen LogP contribution in [0.4, 0.5) is 0 Å². The Kier molecular flexibility index (Phi) is 13.0. The van der Waals surface area contributed by atoms with Gasteiger partial charge in [0.25, 0.3) is 10.1 Å². The summed E-state index contributed by atoms with van der Waals surface area (Å²) in [5, 5.41) is 0. The molecule has 0 unspecified atom stereocenters. The van der Waals surface area contributed by atoms with Crippen LogP contribution in [0.25, 0.3) is 0 Å². The van der Waals surface area contributed by atoms with Gasteiger partial charge in [0.05, 0.1) is 24.3 Å². The van der Waals surface area contributed by atoms with Crippen LogP contribution < -0.4 is 29.6 Å². The molecule has 1 N–H and O–H groups in total. The van der Waals surface area contributed by atoms with Gasteiger partial charge in [-0.15, -0.1) is 0 Å². The number of carbonyl (C=O) groups excluding carboxylic acids is 2. The Morgan fingerprint density at radius 2 is 1.45 bits per heavy atom. The Morgan fingerprint density at radius 1 is 0.966 bits per heavy atom. The second-order valence-electron chi connectivity index (χ2n) is 7.53. The van der Waals surface area contributed by atoms with Crippen LogP contribution in [0.1, 0.15) is 75.5 Å². The largest absolute Gasteiger partial charge is 1.00 e. The monoisotopic (exact) mass is 438 g/mol. The number of hydrogen-bond donors (Lipinski definition) is 1. The fraction of sp³-hybridized carbons (Fsp3) is 0.600. The average Bonchev–Trinajstić information content (AvgIpc) is 2.60. The summed E-state index contributed by atoms with van der Waals surface area (Å²) in [6, 6.07) is 3.37. The zero-order valence-corrected chi connectivity index (χ0v) is 20.8. The maximum Gasteiger partial charge on any atom is 1.00 e. The summed E-state index contributed by atoms with van der Waals surface area (Å²) in [5.41, 5.74) is -0.378. The number of rotatable bonds is 11. The predicted octanol–water partition coefficient (Wildman–Crippen LogP) is 1.24. The first-order valence-electron chi connectivity index (χ1n) is 9.48. The first kappa shape index (κ1) is 28.1. The van der Waals surface area contributed by atoms with Crippen LogP contribution in [-0.4, -0.2) is 38.1 Å². The molecule has 0 heterocycles. The van der Waals surface area contributed by atoms with E-state index in [-0.39, 0.29) is 55.3 Å². The van der Waals surface area contributed by atoms with E-state index in [1.807, 2.05) is 13.8 Å². The quantitative estimate of drug-likeness (QED) is 0.240. The van der Waals surface area contributed by atoms with Gasteiger partial charge in [-0.25, -0.2) is 9.59 Å². The van der Waals surface area contributed by atoms with Crippen LogP contribution in [0.5, 0.6) is 0 Å². The smallest absolute Gasteiger partial charge is 1.00 e. The van der Waals surface area contributed by atoms with Gasteiger partial charge in [-0.1, -0.05) is 27.7 Å². The first-order valence-corrected chi connectivity index (χ1v) is 10.9. The molecule has 1 aromatic carbocycles. The van der Waals surface area contributed by atoms with Crippen LogP contribution >= 0.6 is 0 Å². The van der Waals surface area contributed by atoms with Crippen LogP contribution in [0.2, 0.25) is 0 Å². The maximum absolute atomic E-state index is 12.2. The predicted molar refractivity (Wildman–Crippen MR) is 106 cm³/mol. The molecule has 0 radical (unpaired) electrons. The number of carbonyl (C=O) groups is 2. The van der Waals surface area contributed by atoms with Crippen molar-refractivity contribution in [3.63, 3.8) is 0 Å². The molecule has 0 fully saturated rings. The van der Waals surface area contributed by atoms with Gasteiger partial charge in [-0.3, -0.25) is 4.55 Å². The number of esters is 2. The Balaban J connectivity index is 0. The fourth-order valence-electron chi connectivity index (χ4n) is 2.51. The van der Waals surface area contributed by atoms with Crippen molar-refractivity contribution in [2.24, 2.45) is 11.8 Å². The van der Waals surface area contributed by atoms with E-state index >= 15 is 0 Å². The molecule has 160 valence electrons. The topological polar surface area (TPSA) is 107 Å². The molecule has 0 amide bonds. The summed E-state index contributed by atoms with van der Waals surface area (Å²) < 4.78 is 43.0. The van der Waals surface area contributed by atoms with E-state index in [9.17, 15) is 22.6 Å². The Morgan fingerprint density at radius 3 is 1.90 bits per heavy atom. The van der Waals surface area contributed by atoms with Crippen molar-refractivity contribution in [1.82, 2.24) is 0 Å². The van der Waals surface area contributed by atoms with Crippen molar-refractivity contribution in [2.45, 2.75) is 58.3 Å². The zero-order valence-electron chi connectivity index (χ0n) is 18.9. The normalized spacial score (nSPS) is 11.3. The zero-order chi connectivity index (χ0) is 21.3. The van der Waals surface area contributed by atoms with Crippen molar-refractivity contribution in [3.8, 4) is 0 Å². The molecule has 0 atom stereocenters.